The van der Waals surface area contributed by atoms with Gasteiger partial charge in [0.05, 0.1) is 6.61 Å². The highest BCUT2D eigenvalue weighted by atomic mass is 32.2. The Morgan fingerprint density at radius 3 is 2.42 bits per heavy atom. The molecule has 1 aromatic heterocycles. The first-order valence-electron chi connectivity index (χ1n) is 6.36. The largest absolute Gasteiger partial charge is 0.392 e. The van der Waals surface area contributed by atoms with E-state index in [4.69, 9.17) is 5.11 Å². The van der Waals surface area contributed by atoms with Crippen LogP contribution in [0.25, 0.3) is 0 Å². The van der Waals surface area contributed by atoms with Crippen LogP contribution in [0.1, 0.15) is 12.5 Å². The maximum atomic E-state index is 12.4. The number of sulfonamides is 1. The summed E-state index contributed by atoms with van der Waals surface area (Å²) < 4.78 is 26.2. The van der Waals surface area contributed by atoms with E-state index in [2.05, 4.69) is 16.8 Å². The predicted octanol–water partition coefficient (Wildman–Crippen LogP) is -0.0999. The predicted molar refractivity (Wildman–Crippen MR) is 71.0 cm³/mol. The molecular formula is C12H19N3O3S. The van der Waals surface area contributed by atoms with Crippen molar-refractivity contribution in [3.8, 4) is 0 Å². The summed E-state index contributed by atoms with van der Waals surface area (Å²) in [6.07, 6.45) is 1.40. The first kappa shape index (κ1) is 14.4. The second-order valence-electron chi connectivity index (χ2n) is 4.50. The Labute approximate surface area is 113 Å². The molecule has 0 aliphatic carbocycles. The average molecular weight is 285 g/mol. The molecule has 1 aliphatic rings. The Kier molecular flexibility index (Phi) is 4.51. The molecule has 1 fully saturated rings. The van der Waals surface area contributed by atoms with Gasteiger partial charge < -0.3 is 10.0 Å². The summed E-state index contributed by atoms with van der Waals surface area (Å²) in [5, 5.41) is 8.98. The molecular weight excluding hydrogens is 266 g/mol. The third kappa shape index (κ3) is 3.11. The van der Waals surface area contributed by atoms with Crippen molar-refractivity contribution in [2.45, 2.75) is 18.6 Å². The third-order valence-electron chi connectivity index (χ3n) is 3.36. The zero-order chi connectivity index (χ0) is 13.9. The number of rotatable bonds is 4. The van der Waals surface area contributed by atoms with Crippen molar-refractivity contribution in [2.75, 3.05) is 32.7 Å². The fourth-order valence-corrected chi connectivity index (χ4v) is 3.41. The SMILES string of the molecule is CCN1CCN(S(=O)(=O)c2ccc(CO)cn2)CC1. The molecule has 0 amide bonds. The van der Waals surface area contributed by atoms with Gasteiger partial charge in [0, 0.05) is 32.4 Å². The monoisotopic (exact) mass is 285 g/mol. The lowest BCUT2D eigenvalue weighted by Gasteiger charge is -2.32. The lowest BCUT2D eigenvalue weighted by Crippen LogP contribution is -2.48. The fraction of sp³-hybridized carbons (Fsp3) is 0.583. The Balaban J connectivity index is 2.13. The van der Waals surface area contributed by atoms with Gasteiger partial charge in [0.1, 0.15) is 0 Å². The molecule has 1 N–H and O–H groups in total. The van der Waals surface area contributed by atoms with Gasteiger partial charge in [-0.3, -0.25) is 0 Å². The van der Waals surface area contributed by atoms with E-state index in [9.17, 15) is 8.42 Å². The molecule has 0 unspecified atom stereocenters. The first-order valence-corrected chi connectivity index (χ1v) is 7.80. The van der Waals surface area contributed by atoms with Gasteiger partial charge in [-0.1, -0.05) is 13.0 Å². The molecule has 0 bridgehead atoms. The molecule has 6 nitrogen and oxygen atoms in total. The number of hydrogen-bond donors (Lipinski definition) is 1. The van der Waals surface area contributed by atoms with Crippen LogP contribution in [-0.2, 0) is 16.6 Å². The van der Waals surface area contributed by atoms with Crippen LogP contribution in [0, 0.1) is 0 Å². The highest BCUT2D eigenvalue weighted by molar-refractivity contribution is 7.89. The molecule has 2 rings (SSSR count). The Morgan fingerprint density at radius 2 is 1.95 bits per heavy atom. The number of piperazine rings is 1. The molecule has 1 aliphatic heterocycles. The van der Waals surface area contributed by atoms with E-state index in [1.807, 2.05) is 0 Å². The van der Waals surface area contributed by atoms with Crippen molar-refractivity contribution in [3.05, 3.63) is 23.9 Å². The maximum absolute atomic E-state index is 12.4. The second-order valence-corrected chi connectivity index (χ2v) is 6.39. The van der Waals surface area contributed by atoms with Gasteiger partial charge in [0.2, 0.25) is 0 Å². The smallest absolute Gasteiger partial charge is 0.260 e. The van der Waals surface area contributed by atoms with E-state index in [1.165, 1.54) is 16.6 Å². The van der Waals surface area contributed by atoms with E-state index >= 15 is 0 Å². The molecule has 0 saturated carbocycles. The third-order valence-corrected chi connectivity index (χ3v) is 5.18. The molecule has 0 radical (unpaired) electrons. The van der Waals surface area contributed by atoms with Crippen LogP contribution in [0.3, 0.4) is 0 Å². The topological polar surface area (TPSA) is 73.7 Å². The normalized spacial score (nSPS) is 18.6. The number of pyridine rings is 1. The summed E-state index contributed by atoms with van der Waals surface area (Å²) in [4.78, 5) is 6.15. The second kappa shape index (κ2) is 5.96. The molecule has 106 valence electrons. The van der Waals surface area contributed by atoms with Gasteiger partial charge in [-0.05, 0) is 18.2 Å². The minimum absolute atomic E-state index is 0.0506. The van der Waals surface area contributed by atoms with Gasteiger partial charge in [-0.2, -0.15) is 4.31 Å². The van der Waals surface area contributed by atoms with E-state index in [0.29, 0.717) is 18.7 Å². The number of aromatic nitrogens is 1. The summed E-state index contributed by atoms with van der Waals surface area (Å²) in [5.74, 6) is 0. The highest BCUT2D eigenvalue weighted by Crippen LogP contribution is 2.15. The van der Waals surface area contributed by atoms with Crippen LogP contribution >= 0.6 is 0 Å². The standard InChI is InChI=1S/C12H19N3O3S/c1-2-14-5-7-15(8-6-14)19(17,18)12-4-3-11(10-16)9-13-12/h3-4,9,16H,2,5-8,10H2,1H3. The van der Waals surface area contributed by atoms with Crippen molar-refractivity contribution in [1.29, 1.82) is 0 Å². The van der Waals surface area contributed by atoms with Gasteiger partial charge in [0.25, 0.3) is 10.0 Å². The van der Waals surface area contributed by atoms with E-state index < -0.39 is 10.0 Å². The zero-order valence-electron chi connectivity index (χ0n) is 11.0. The summed E-state index contributed by atoms with van der Waals surface area (Å²) in [6, 6.07) is 3.04. The number of likely N-dealkylation sites (N-methyl/N-ethyl adjacent to an activating group) is 1. The van der Waals surface area contributed by atoms with Crippen LogP contribution in [0.15, 0.2) is 23.4 Å². The summed E-state index contributed by atoms with van der Waals surface area (Å²) >= 11 is 0. The quantitative estimate of drug-likeness (QED) is 0.836. The number of aliphatic hydroxyl groups excluding tert-OH is 1. The fourth-order valence-electron chi connectivity index (χ4n) is 2.08. The van der Waals surface area contributed by atoms with Crippen molar-refractivity contribution in [3.63, 3.8) is 0 Å². The van der Waals surface area contributed by atoms with Crippen molar-refractivity contribution >= 4 is 10.0 Å². The Morgan fingerprint density at radius 1 is 1.26 bits per heavy atom. The van der Waals surface area contributed by atoms with E-state index in [1.54, 1.807) is 6.07 Å². The Hall–Kier alpha value is -1.02. The molecule has 1 aromatic rings. The van der Waals surface area contributed by atoms with Gasteiger partial charge in [0.15, 0.2) is 5.03 Å². The summed E-state index contributed by atoms with van der Waals surface area (Å²) in [5.41, 5.74) is 0.606. The van der Waals surface area contributed by atoms with Crippen molar-refractivity contribution in [1.82, 2.24) is 14.2 Å². The van der Waals surface area contributed by atoms with Crippen molar-refractivity contribution in [2.24, 2.45) is 0 Å². The minimum atomic E-state index is -3.50. The molecule has 0 aromatic carbocycles. The lowest BCUT2D eigenvalue weighted by atomic mass is 10.3. The molecule has 0 atom stereocenters. The summed E-state index contributed by atoms with van der Waals surface area (Å²) in [6.45, 7) is 5.38. The average Bonchev–Trinajstić information content (AvgIpc) is 2.47. The molecule has 19 heavy (non-hydrogen) atoms. The van der Waals surface area contributed by atoms with Crippen LogP contribution < -0.4 is 0 Å². The van der Waals surface area contributed by atoms with Gasteiger partial charge >= 0.3 is 0 Å². The maximum Gasteiger partial charge on any atom is 0.260 e. The number of aliphatic hydroxyl groups is 1. The van der Waals surface area contributed by atoms with E-state index in [-0.39, 0.29) is 11.6 Å². The van der Waals surface area contributed by atoms with E-state index in [0.717, 1.165) is 19.6 Å². The molecule has 1 saturated heterocycles. The number of hydrogen-bond acceptors (Lipinski definition) is 5. The van der Waals surface area contributed by atoms with Crippen LogP contribution in [0.2, 0.25) is 0 Å². The first-order chi connectivity index (χ1) is 9.07. The minimum Gasteiger partial charge on any atom is -0.392 e. The van der Waals surface area contributed by atoms with Crippen LogP contribution in [-0.4, -0.2) is 60.4 Å². The molecule has 0 spiro atoms. The van der Waals surface area contributed by atoms with Crippen molar-refractivity contribution < 1.29 is 13.5 Å². The highest BCUT2D eigenvalue weighted by Gasteiger charge is 2.28. The Bertz CT molecular complexity index is 508. The van der Waals surface area contributed by atoms with Crippen LogP contribution in [0.5, 0.6) is 0 Å². The summed E-state index contributed by atoms with van der Waals surface area (Å²) in [7, 11) is -3.50. The van der Waals surface area contributed by atoms with Crippen LogP contribution in [0.4, 0.5) is 0 Å². The van der Waals surface area contributed by atoms with Gasteiger partial charge in [-0.15, -0.1) is 0 Å². The number of nitrogens with zero attached hydrogens (tertiary/aromatic N) is 3. The van der Waals surface area contributed by atoms with Gasteiger partial charge in [-0.25, -0.2) is 13.4 Å². The molecule has 2 heterocycles. The molecule has 7 heteroatoms. The zero-order valence-corrected chi connectivity index (χ0v) is 11.8. The lowest BCUT2D eigenvalue weighted by molar-refractivity contribution is 0.196.